The highest BCUT2D eigenvalue weighted by atomic mass is 16.5. The second kappa shape index (κ2) is 8.12. The molecule has 4 rings (SSSR count). The average molecular weight is 388 g/mol. The number of nitrogens with zero attached hydrogens (tertiary/aromatic N) is 2. The molecule has 1 aromatic carbocycles. The Kier molecular flexibility index (Phi) is 5.22. The second-order valence-electron chi connectivity index (χ2n) is 6.61. The fraction of sp³-hybridized carbons (Fsp3) is 0.136. The SMILES string of the molecule is CC(CN)Oc1cc(C(=O)Nc2cc3cc(-c4ccco4)ccc3cn2)ccn1. The first-order chi connectivity index (χ1) is 14.1. The molecule has 0 radical (unpaired) electrons. The van der Waals surface area contributed by atoms with Gasteiger partial charge in [-0.05, 0) is 42.6 Å². The predicted molar refractivity (Wildman–Crippen MR) is 111 cm³/mol. The Morgan fingerprint density at radius 2 is 2.07 bits per heavy atom. The lowest BCUT2D eigenvalue weighted by molar-refractivity contribution is 0.102. The van der Waals surface area contributed by atoms with Gasteiger partial charge in [-0.1, -0.05) is 12.1 Å². The highest BCUT2D eigenvalue weighted by Crippen LogP contribution is 2.26. The van der Waals surface area contributed by atoms with E-state index in [9.17, 15) is 4.79 Å². The van der Waals surface area contributed by atoms with E-state index in [-0.39, 0.29) is 12.0 Å². The number of benzene rings is 1. The van der Waals surface area contributed by atoms with Gasteiger partial charge in [0.15, 0.2) is 0 Å². The normalized spacial score (nSPS) is 11.9. The lowest BCUT2D eigenvalue weighted by Gasteiger charge is -2.12. The van der Waals surface area contributed by atoms with Crippen LogP contribution in [0.5, 0.6) is 5.88 Å². The van der Waals surface area contributed by atoms with Crippen LogP contribution in [0.4, 0.5) is 5.82 Å². The minimum Gasteiger partial charge on any atom is -0.473 e. The number of aromatic nitrogens is 2. The van der Waals surface area contributed by atoms with Crippen LogP contribution in [-0.4, -0.2) is 28.5 Å². The Morgan fingerprint density at radius 1 is 1.17 bits per heavy atom. The number of carbonyl (C=O) groups excluding carboxylic acids is 1. The number of amides is 1. The Labute approximate surface area is 167 Å². The minimum absolute atomic E-state index is 0.189. The zero-order chi connectivity index (χ0) is 20.2. The number of hydrogen-bond donors (Lipinski definition) is 2. The van der Waals surface area contributed by atoms with Gasteiger partial charge >= 0.3 is 0 Å². The van der Waals surface area contributed by atoms with Gasteiger partial charge in [-0.2, -0.15) is 0 Å². The summed E-state index contributed by atoms with van der Waals surface area (Å²) in [5.74, 6) is 1.29. The minimum atomic E-state index is -0.299. The van der Waals surface area contributed by atoms with Crippen LogP contribution in [0.25, 0.3) is 22.1 Å². The summed E-state index contributed by atoms with van der Waals surface area (Å²) in [6.45, 7) is 2.20. The standard InChI is InChI=1S/C22H20N4O3/c1-14(12-23)29-21-11-16(6-7-24-21)22(27)26-20-10-18-9-15(19-3-2-8-28-19)4-5-17(18)13-25-20/h2-11,13-14H,12,23H2,1H3,(H,25,26,27). The largest absolute Gasteiger partial charge is 0.473 e. The van der Waals surface area contributed by atoms with Gasteiger partial charge in [0.1, 0.15) is 17.7 Å². The van der Waals surface area contributed by atoms with E-state index in [4.69, 9.17) is 14.9 Å². The number of nitrogens with one attached hydrogen (secondary N) is 1. The third-order valence-corrected chi connectivity index (χ3v) is 4.42. The van der Waals surface area contributed by atoms with E-state index < -0.39 is 0 Å². The van der Waals surface area contributed by atoms with Gasteiger partial charge in [0.25, 0.3) is 5.91 Å². The Bertz CT molecular complexity index is 1140. The van der Waals surface area contributed by atoms with Crippen molar-refractivity contribution in [2.45, 2.75) is 13.0 Å². The maximum Gasteiger partial charge on any atom is 0.257 e. The van der Waals surface area contributed by atoms with Crippen molar-refractivity contribution in [2.75, 3.05) is 11.9 Å². The Morgan fingerprint density at radius 3 is 2.86 bits per heavy atom. The molecule has 4 aromatic rings. The Hall–Kier alpha value is -3.71. The molecule has 7 nitrogen and oxygen atoms in total. The number of anilines is 1. The lowest BCUT2D eigenvalue weighted by Crippen LogP contribution is -2.23. The summed E-state index contributed by atoms with van der Waals surface area (Å²) in [5, 5.41) is 4.73. The fourth-order valence-electron chi connectivity index (χ4n) is 2.86. The fourth-order valence-corrected chi connectivity index (χ4v) is 2.86. The van der Waals surface area contributed by atoms with Crippen LogP contribution in [0, 0.1) is 0 Å². The molecule has 3 aromatic heterocycles. The molecule has 0 aliphatic carbocycles. The molecule has 29 heavy (non-hydrogen) atoms. The van der Waals surface area contributed by atoms with Crippen molar-refractivity contribution in [3.63, 3.8) is 0 Å². The molecular formula is C22H20N4O3. The van der Waals surface area contributed by atoms with Crippen LogP contribution >= 0.6 is 0 Å². The highest BCUT2D eigenvalue weighted by Gasteiger charge is 2.11. The number of furan rings is 1. The average Bonchev–Trinajstić information content (AvgIpc) is 3.28. The third-order valence-electron chi connectivity index (χ3n) is 4.42. The Balaban J connectivity index is 1.55. The summed E-state index contributed by atoms with van der Waals surface area (Å²) < 4.78 is 11.0. The quantitative estimate of drug-likeness (QED) is 0.520. The highest BCUT2D eigenvalue weighted by molar-refractivity contribution is 6.04. The summed E-state index contributed by atoms with van der Waals surface area (Å²) in [6.07, 6.45) is 4.70. The molecule has 146 valence electrons. The molecule has 0 saturated carbocycles. The lowest BCUT2D eigenvalue weighted by atomic mass is 10.1. The van der Waals surface area contributed by atoms with Crippen molar-refractivity contribution in [1.82, 2.24) is 9.97 Å². The molecule has 1 amide bonds. The molecule has 0 saturated heterocycles. The first-order valence-corrected chi connectivity index (χ1v) is 9.20. The molecule has 0 fully saturated rings. The number of rotatable bonds is 6. The summed E-state index contributed by atoms with van der Waals surface area (Å²) in [4.78, 5) is 21.1. The van der Waals surface area contributed by atoms with Crippen LogP contribution < -0.4 is 15.8 Å². The number of hydrogen-bond acceptors (Lipinski definition) is 6. The van der Waals surface area contributed by atoms with Crippen LogP contribution in [-0.2, 0) is 0 Å². The van der Waals surface area contributed by atoms with Crippen LogP contribution in [0.2, 0.25) is 0 Å². The van der Waals surface area contributed by atoms with Crippen LogP contribution in [0.1, 0.15) is 17.3 Å². The number of pyridine rings is 2. The van der Waals surface area contributed by atoms with E-state index in [1.807, 2.05) is 43.3 Å². The maximum absolute atomic E-state index is 12.6. The van der Waals surface area contributed by atoms with Crippen molar-refractivity contribution >= 4 is 22.5 Å². The van der Waals surface area contributed by atoms with Gasteiger partial charge in [0, 0.05) is 41.5 Å². The van der Waals surface area contributed by atoms with Crippen LogP contribution in [0.15, 0.2) is 71.6 Å². The van der Waals surface area contributed by atoms with Crippen molar-refractivity contribution in [1.29, 1.82) is 0 Å². The van der Waals surface area contributed by atoms with Gasteiger partial charge < -0.3 is 20.2 Å². The summed E-state index contributed by atoms with van der Waals surface area (Å²) in [7, 11) is 0. The summed E-state index contributed by atoms with van der Waals surface area (Å²) >= 11 is 0. The molecular weight excluding hydrogens is 368 g/mol. The van der Waals surface area contributed by atoms with E-state index in [0.29, 0.717) is 23.8 Å². The molecule has 1 atom stereocenters. The van der Waals surface area contributed by atoms with E-state index in [0.717, 1.165) is 22.1 Å². The van der Waals surface area contributed by atoms with Crippen molar-refractivity contribution < 1.29 is 13.9 Å². The molecule has 0 spiro atoms. The zero-order valence-electron chi connectivity index (χ0n) is 15.8. The molecule has 0 bridgehead atoms. The van der Waals surface area contributed by atoms with Gasteiger partial charge in [0.2, 0.25) is 5.88 Å². The number of fused-ring (bicyclic) bond motifs is 1. The first-order valence-electron chi connectivity index (χ1n) is 9.20. The van der Waals surface area contributed by atoms with E-state index in [2.05, 4.69) is 15.3 Å². The van der Waals surface area contributed by atoms with Crippen LogP contribution in [0.3, 0.4) is 0 Å². The monoisotopic (exact) mass is 388 g/mol. The van der Waals surface area contributed by atoms with Gasteiger partial charge in [-0.3, -0.25) is 4.79 Å². The molecule has 0 aliphatic rings. The maximum atomic E-state index is 12.6. The summed E-state index contributed by atoms with van der Waals surface area (Å²) in [6, 6.07) is 14.7. The van der Waals surface area contributed by atoms with E-state index in [1.54, 1.807) is 24.6 Å². The van der Waals surface area contributed by atoms with Gasteiger partial charge in [-0.15, -0.1) is 0 Å². The van der Waals surface area contributed by atoms with Crippen molar-refractivity contribution in [3.05, 3.63) is 72.8 Å². The van der Waals surface area contributed by atoms with Gasteiger partial charge in [0.05, 0.1) is 6.26 Å². The number of carbonyl (C=O) groups is 1. The molecule has 3 N–H and O–H groups in total. The second-order valence-corrected chi connectivity index (χ2v) is 6.61. The summed E-state index contributed by atoms with van der Waals surface area (Å²) in [5.41, 5.74) is 6.94. The third kappa shape index (κ3) is 4.25. The van der Waals surface area contributed by atoms with Gasteiger partial charge in [-0.25, -0.2) is 9.97 Å². The number of nitrogens with two attached hydrogens (primary N) is 1. The van der Waals surface area contributed by atoms with Crippen molar-refractivity contribution in [2.24, 2.45) is 5.73 Å². The topological polar surface area (TPSA) is 103 Å². The first kappa shape index (κ1) is 18.6. The predicted octanol–water partition coefficient (Wildman–Crippen LogP) is 3.87. The van der Waals surface area contributed by atoms with E-state index in [1.165, 1.54) is 6.20 Å². The van der Waals surface area contributed by atoms with E-state index >= 15 is 0 Å². The number of ether oxygens (including phenoxy) is 1. The van der Waals surface area contributed by atoms with Crippen molar-refractivity contribution in [3.8, 4) is 17.2 Å². The zero-order valence-corrected chi connectivity index (χ0v) is 15.8. The molecule has 7 heteroatoms. The molecule has 1 unspecified atom stereocenters. The molecule has 3 heterocycles. The molecule has 0 aliphatic heterocycles. The smallest absolute Gasteiger partial charge is 0.257 e.